The van der Waals surface area contributed by atoms with Crippen LogP contribution in [0.15, 0.2) is 51.7 Å². The lowest BCUT2D eigenvalue weighted by Crippen LogP contribution is -2.22. The van der Waals surface area contributed by atoms with Crippen molar-refractivity contribution in [2.75, 3.05) is 0 Å². The third-order valence-corrected chi connectivity index (χ3v) is 5.02. The molecule has 22 heavy (non-hydrogen) atoms. The highest BCUT2D eigenvalue weighted by Crippen LogP contribution is 2.24. The molecule has 0 unspecified atom stereocenters. The van der Waals surface area contributed by atoms with Gasteiger partial charge in [0.05, 0.1) is 20.0 Å². The summed E-state index contributed by atoms with van der Waals surface area (Å²) in [5.41, 5.74) is 2.42. The third kappa shape index (κ3) is 2.03. The van der Waals surface area contributed by atoms with E-state index in [0.717, 1.165) is 16.6 Å². The summed E-state index contributed by atoms with van der Waals surface area (Å²) in [5, 5.41) is 9.53. The number of thiazole rings is 1. The monoisotopic (exact) mass is 372 g/mol. The lowest BCUT2D eigenvalue weighted by Gasteiger charge is -1.97. The quantitative estimate of drug-likeness (QED) is 0.558. The fourth-order valence-corrected chi connectivity index (χ4v) is 3.76. The Morgan fingerprint density at radius 3 is 2.86 bits per heavy atom. The number of imidazole rings is 1. The smallest absolute Gasteiger partial charge is 0.274 e. The van der Waals surface area contributed by atoms with E-state index in [4.69, 9.17) is 0 Å². The summed E-state index contributed by atoms with van der Waals surface area (Å²) in [6.45, 7) is 0. The molecule has 4 nitrogen and oxygen atoms in total. The van der Waals surface area contributed by atoms with Crippen LogP contribution in [0.1, 0.15) is 5.56 Å². The van der Waals surface area contributed by atoms with Gasteiger partial charge in [0.25, 0.3) is 5.56 Å². The first-order chi connectivity index (χ1) is 10.6. The van der Waals surface area contributed by atoms with Crippen LogP contribution >= 0.6 is 27.3 Å². The average molecular weight is 373 g/mol. The van der Waals surface area contributed by atoms with Gasteiger partial charge in [-0.15, -0.1) is 0 Å². The predicted octanol–water partition coefficient (Wildman–Crippen LogP) is 2.93. The second kappa shape index (κ2) is 4.93. The Labute approximate surface area is 137 Å². The maximum atomic E-state index is 12.6. The van der Waals surface area contributed by atoms with Gasteiger partial charge >= 0.3 is 0 Å². The Bertz CT molecular complexity index is 1130. The van der Waals surface area contributed by atoms with E-state index in [2.05, 4.69) is 20.9 Å². The van der Waals surface area contributed by atoms with Crippen LogP contribution in [0, 0.1) is 0 Å². The van der Waals surface area contributed by atoms with E-state index in [-0.39, 0.29) is 11.3 Å². The average Bonchev–Trinajstić information content (AvgIpc) is 3.00. The molecule has 0 saturated carbocycles. The molecule has 6 heteroatoms. The largest absolute Gasteiger partial charge is 0.507 e. The van der Waals surface area contributed by atoms with Crippen molar-refractivity contribution in [2.45, 2.75) is 0 Å². The Hall–Kier alpha value is -2.18. The number of nitrogens with zero attached hydrogens (tertiary/aromatic N) is 2. The standard InChI is InChI=1S/C16H9BrN2O2S/c17-10-7-9(5-6-13(10)20)8-14-15(21)19-12-4-2-1-3-11(12)18-16(19)22-14/h1-8,20H. The van der Waals surface area contributed by atoms with Gasteiger partial charge in [0.2, 0.25) is 0 Å². The molecule has 0 spiro atoms. The van der Waals surface area contributed by atoms with Gasteiger partial charge in [0, 0.05) is 0 Å². The van der Waals surface area contributed by atoms with Crippen molar-refractivity contribution in [1.29, 1.82) is 0 Å². The summed E-state index contributed by atoms with van der Waals surface area (Å²) < 4.78 is 2.85. The highest BCUT2D eigenvalue weighted by molar-refractivity contribution is 9.10. The van der Waals surface area contributed by atoms with Crippen LogP contribution < -0.4 is 10.1 Å². The predicted molar refractivity (Wildman–Crippen MR) is 91.4 cm³/mol. The Balaban J connectivity index is 1.99. The molecule has 0 atom stereocenters. The molecule has 1 N–H and O–H groups in total. The zero-order chi connectivity index (χ0) is 15.3. The van der Waals surface area contributed by atoms with Crippen LogP contribution in [0.25, 0.3) is 22.1 Å². The highest BCUT2D eigenvalue weighted by atomic mass is 79.9. The van der Waals surface area contributed by atoms with E-state index in [9.17, 15) is 9.90 Å². The number of halogens is 1. The van der Waals surface area contributed by atoms with Gasteiger partial charge in [-0.05, 0) is 51.8 Å². The van der Waals surface area contributed by atoms with Crippen molar-refractivity contribution >= 4 is 49.3 Å². The summed E-state index contributed by atoms with van der Waals surface area (Å²) in [6, 6.07) is 12.7. The summed E-state index contributed by atoms with van der Waals surface area (Å²) in [6.07, 6.45) is 1.81. The van der Waals surface area contributed by atoms with Crippen molar-refractivity contribution in [3.05, 3.63) is 67.4 Å². The Morgan fingerprint density at radius 1 is 1.23 bits per heavy atom. The summed E-state index contributed by atoms with van der Waals surface area (Å²) in [7, 11) is 0. The van der Waals surface area contributed by atoms with Crippen LogP contribution in [0.2, 0.25) is 0 Å². The lowest BCUT2D eigenvalue weighted by molar-refractivity contribution is 0.472. The molecule has 0 amide bonds. The molecule has 0 radical (unpaired) electrons. The van der Waals surface area contributed by atoms with Crippen LogP contribution in [-0.4, -0.2) is 14.5 Å². The van der Waals surface area contributed by atoms with Crippen LogP contribution in [-0.2, 0) is 0 Å². The molecule has 0 aliphatic carbocycles. The maximum Gasteiger partial charge on any atom is 0.274 e. The highest BCUT2D eigenvalue weighted by Gasteiger charge is 2.10. The number of hydrogen-bond donors (Lipinski definition) is 1. The second-order valence-electron chi connectivity index (χ2n) is 4.85. The maximum absolute atomic E-state index is 12.6. The van der Waals surface area contributed by atoms with E-state index < -0.39 is 0 Å². The zero-order valence-electron chi connectivity index (χ0n) is 11.2. The van der Waals surface area contributed by atoms with E-state index in [1.54, 1.807) is 28.7 Å². The topological polar surface area (TPSA) is 54.6 Å². The van der Waals surface area contributed by atoms with E-state index in [1.165, 1.54) is 11.3 Å². The van der Waals surface area contributed by atoms with Gasteiger partial charge in [0.15, 0.2) is 4.96 Å². The van der Waals surface area contributed by atoms with E-state index in [0.29, 0.717) is 14.0 Å². The number of benzene rings is 2. The van der Waals surface area contributed by atoms with Crippen LogP contribution in [0.4, 0.5) is 0 Å². The number of hydrogen-bond acceptors (Lipinski definition) is 4. The van der Waals surface area contributed by atoms with Gasteiger partial charge in [-0.1, -0.05) is 29.5 Å². The molecule has 0 fully saturated rings. The van der Waals surface area contributed by atoms with Crippen molar-refractivity contribution in [3.63, 3.8) is 0 Å². The van der Waals surface area contributed by atoms with Gasteiger partial charge in [-0.3, -0.25) is 4.79 Å². The van der Waals surface area contributed by atoms with Gasteiger partial charge in [-0.2, -0.15) is 0 Å². The third-order valence-electron chi connectivity index (χ3n) is 3.41. The minimum atomic E-state index is -0.0714. The van der Waals surface area contributed by atoms with Crippen molar-refractivity contribution < 1.29 is 5.11 Å². The van der Waals surface area contributed by atoms with E-state index in [1.807, 2.05) is 24.3 Å². The molecule has 4 aromatic rings. The van der Waals surface area contributed by atoms with Crippen molar-refractivity contribution in [2.24, 2.45) is 0 Å². The van der Waals surface area contributed by atoms with Gasteiger partial charge in [0.1, 0.15) is 5.75 Å². The van der Waals surface area contributed by atoms with Crippen LogP contribution in [0.5, 0.6) is 5.75 Å². The molecule has 108 valence electrons. The first-order valence-electron chi connectivity index (χ1n) is 6.54. The summed E-state index contributed by atoms with van der Waals surface area (Å²) in [4.78, 5) is 17.8. The molecular formula is C16H9BrN2O2S. The fourth-order valence-electron chi connectivity index (χ4n) is 2.38. The molecule has 2 aromatic carbocycles. The minimum absolute atomic E-state index is 0.0714. The molecule has 0 saturated heterocycles. The zero-order valence-corrected chi connectivity index (χ0v) is 13.6. The Kier molecular flexibility index (Phi) is 3.02. The molecule has 0 bridgehead atoms. The molecule has 2 aromatic heterocycles. The van der Waals surface area contributed by atoms with Crippen molar-refractivity contribution in [1.82, 2.24) is 9.38 Å². The number of para-hydroxylation sites is 2. The number of rotatable bonds is 1. The SMILES string of the molecule is O=c1c(=Cc2ccc(O)c(Br)c2)sc2nc3ccccc3n12. The number of phenolic OH excluding ortho intramolecular Hbond substituents is 1. The first kappa shape index (κ1) is 13.5. The number of phenols is 1. The van der Waals surface area contributed by atoms with E-state index >= 15 is 0 Å². The van der Waals surface area contributed by atoms with Gasteiger partial charge < -0.3 is 5.11 Å². The summed E-state index contributed by atoms with van der Waals surface area (Å²) >= 11 is 4.64. The number of aromatic hydroxyl groups is 1. The molecular weight excluding hydrogens is 364 g/mol. The first-order valence-corrected chi connectivity index (χ1v) is 8.15. The normalized spacial score (nSPS) is 12.5. The molecule has 0 aliphatic heterocycles. The molecule has 2 heterocycles. The van der Waals surface area contributed by atoms with Gasteiger partial charge in [-0.25, -0.2) is 9.38 Å². The van der Waals surface area contributed by atoms with Crippen LogP contribution in [0.3, 0.4) is 0 Å². The number of aromatic nitrogens is 2. The minimum Gasteiger partial charge on any atom is -0.507 e. The Morgan fingerprint density at radius 2 is 2.05 bits per heavy atom. The lowest BCUT2D eigenvalue weighted by atomic mass is 10.2. The number of fused-ring (bicyclic) bond motifs is 3. The molecule has 0 aliphatic rings. The fraction of sp³-hybridized carbons (Fsp3) is 0. The second-order valence-corrected chi connectivity index (χ2v) is 6.71. The molecule has 4 rings (SSSR count). The van der Waals surface area contributed by atoms with Crippen molar-refractivity contribution in [3.8, 4) is 5.75 Å². The summed E-state index contributed by atoms with van der Waals surface area (Å²) in [5.74, 6) is 0.173.